The monoisotopic (exact) mass is 508 g/mol. The zero-order valence-corrected chi connectivity index (χ0v) is 20.5. The highest BCUT2D eigenvalue weighted by atomic mass is 35.5. The van der Waals surface area contributed by atoms with Gasteiger partial charge in [0, 0.05) is 17.2 Å². The Balaban J connectivity index is 1.96. The lowest BCUT2D eigenvalue weighted by Gasteiger charge is -2.24. The Hall–Kier alpha value is -2.94. The van der Waals surface area contributed by atoms with Crippen LogP contribution in [-0.4, -0.2) is 35.1 Å². The average Bonchev–Trinajstić information content (AvgIpc) is 2.79. The molecule has 10 heteroatoms. The average molecular weight is 509 g/mol. The van der Waals surface area contributed by atoms with E-state index in [0.29, 0.717) is 27.2 Å². The minimum atomic E-state index is -4.07. The first-order valence-electron chi connectivity index (χ1n) is 9.72. The third kappa shape index (κ3) is 5.71. The molecule has 174 valence electrons. The third-order valence-corrected chi connectivity index (χ3v) is 7.09. The number of sulfonamides is 1. The number of anilines is 2. The van der Waals surface area contributed by atoms with E-state index in [4.69, 9.17) is 32.7 Å². The number of amides is 1. The molecule has 0 aliphatic carbocycles. The van der Waals surface area contributed by atoms with Gasteiger partial charge in [0.15, 0.2) is 0 Å². The molecule has 1 N–H and O–H groups in total. The molecule has 0 heterocycles. The van der Waals surface area contributed by atoms with E-state index in [-0.39, 0.29) is 10.6 Å². The van der Waals surface area contributed by atoms with E-state index < -0.39 is 22.5 Å². The van der Waals surface area contributed by atoms with Gasteiger partial charge in [-0.25, -0.2) is 8.42 Å². The molecule has 0 aromatic heterocycles. The Morgan fingerprint density at radius 2 is 1.55 bits per heavy atom. The van der Waals surface area contributed by atoms with Crippen molar-refractivity contribution in [1.82, 2.24) is 0 Å². The lowest BCUT2D eigenvalue weighted by molar-refractivity contribution is -0.114. The molecule has 0 fully saturated rings. The van der Waals surface area contributed by atoms with Crippen LogP contribution in [0.3, 0.4) is 0 Å². The number of benzene rings is 3. The summed E-state index contributed by atoms with van der Waals surface area (Å²) in [6, 6.07) is 15.6. The first kappa shape index (κ1) is 24.7. The summed E-state index contributed by atoms with van der Waals surface area (Å²) in [5.74, 6) is 0.0457. The fraction of sp³-hybridized carbons (Fsp3) is 0.174. The zero-order chi connectivity index (χ0) is 24.2. The highest BCUT2D eigenvalue weighted by Gasteiger charge is 2.27. The number of hydrogen-bond acceptors (Lipinski definition) is 5. The van der Waals surface area contributed by atoms with Crippen molar-refractivity contribution < 1.29 is 22.7 Å². The molecule has 3 aromatic carbocycles. The second-order valence-corrected chi connectivity index (χ2v) is 9.74. The fourth-order valence-corrected chi connectivity index (χ4v) is 4.82. The van der Waals surface area contributed by atoms with Crippen LogP contribution in [0.4, 0.5) is 11.4 Å². The summed E-state index contributed by atoms with van der Waals surface area (Å²) in [6.07, 6.45) is 0. The summed E-state index contributed by atoms with van der Waals surface area (Å²) in [4.78, 5) is 13.0. The standard InChI is InChI=1S/C23H22Cl2N2O5S/c1-15-4-8-17(9-5-15)27(33(29,30)18-10-6-16(24)7-11-18)14-23(28)26-20-13-21(31-2)19(25)12-22(20)32-3/h4-13H,14H2,1-3H3,(H,26,28). The van der Waals surface area contributed by atoms with Crippen molar-refractivity contribution in [1.29, 1.82) is 0 Å². The van der Waals surface area contributed by atoms with Gasteiger partial charge in [0.05, 0.1) is 35.5 Å². The van der Waals surface area contributed by atoms with Crippen molar-refractivity contribution in [2.75, 3.05) is 30.4 Å². The summed E-state index contributed by atoms with van der Waals surface area (Å²) < 4.78 is 38.4. The maximum absolute atomic E-state index is 13.4. The number of hydrogen-bond donors (Lipinski definition) is 1. The van der Waals surface area contributed by atoms with Gasteiger partial charge in [0.1, 0.15) is 18.0 Å². The molecule has 0 unspecified atom stereocenters. The highest BCUT2D eigenvalue weighted by molar-refractivity contribution is 7.92. The van der Waals surface area contributed by atoms with E-state index in [1.54, 1.807) is 24.3 Å². The number of carbonyl (C=O) groups is 1. The van der Waals surface area contributed by atoms with Gasteiger partial charge >= 0.3 is 0 Å². The SMILES string of the molecule is COc1cc(NC(=O)CN(c2ccc(C)cc2)S(=O)(=O)c2ccc(Cl)cc2)c(OC)cc1Cl. The van der Waals surface area contributed by atoms with Crippen molar-refractivity contribution in [2.24, 2.45) is 0 Å². The first-order valence-corrected chi connectivity index (χ1v) is 11.9. The molecular weight excluding hydrogens is 487 g/mol. The first-order chi connectivity index (χ1) is 15.6. The van der Waals surface area contributed by atoms with Crippen LogP contribution in [0.1, 0.15) is 5.56 Å². The summed E-state index contributed by atoms with van der Waals surface area (Å²) in [7, 11) is -1.20. The Kier molecular flexibility index (Phi) is 7.73. The lowest BCUT2D eigenvalue weighted by Crippen LogP contribution is -2.38. The van der Waals surface area contributed by atoms with Gasteiger partial charge < -0.3 is 14.8 Å². The van der Waals surface area contributed by atoms with E-state index in [0.717, 1.165) is 9.87 Å². The van der Waals surface area contributed by atoms with Crippen LogP contribution in [0.25, 0.3) is 0 Å². The van der Waals surface area contributed by atoms with Gasteiger partial charge in [-0.2, -0.15) is 0 Å². The van der Waals surface area contributed by atoms with Gasteiger partial charge in [-0.1, -0.05) is 40.9 Å². The molecule has 1 amide bonds. The number of ether oxygens (including phenoxy) is 2. The minimum Gasteiger partial charge on any atom is -0.495 e. The molecule has 0 radical (unpaired) electrons. The maximum atomic E-state index is 13.4. The second-order valence-electron chi connectivity index (χ2n) is 7.04. The number of halogens is 2. The second kappa shape index (κ2) is 10.3. The van der Waals surface area contributed by atoms with E-state index >= 15 is 0 Å². The molecule has 0 spiro atoms. The van der Waals surface area contributed by atoms with Crippen LogP contribution in [0.5, 0.6) is 11.5 Å². The molecule has 0 bridgehead atoms. The molecule has 3 rings (SSSR count). The van der Waals surface area contributed by atoms with E-state index in [1.807, 2.05) is 6.92 Å². The van der Waals surface area contributed by atoms with Crippen LogP contribution >= 0.6 is 23.2 Å². The topological polar surface area (TPSA) is 84.9 Å². The van der Waals surface area contributed by atoms with Gasteiger partial charge in [0.2, 0.25) is 5.91 Å². The van der Waals surface area contributed by atoms with Gasteiger partial charge in [-0.15, -0.1) is 0 Å². The number of nitrogens with one attached hydrogen (secondary N) is 1. The highest BCUT2D eigenvalue weighted by Crippen LogP contribution is 2.36. The van der Waals surface area contributed by atoms with Crippen LogP contribution in [0.2, 0.25) is 10.0 Å². The van der Waals surface area contributed by atoms with E-state index in [1.165, 1.54) is 50.6 Å². The Bertz CT molecular complexity index is 1250. The number of carbonyl (C=O) groups excluding carboxylic acids is 1. The van der Waals surface area contributed by atoms with Crippen LogP contribution in [0.15, 0.2) is 65.6 Å². The molecular formula is C23H22Cl2N2O5S. The van der Waals surface area contributed by atoms with Crippen molar-refractivity contribution in [3.8, 4) is 11.5 Å². The number of methoxy groups -OCH3 is 2. The third-order valence-electron chi connectivity index (χ3n) is 4.76. The minimum absolute atomic E-state index is 0.00557. The maximum Gasteiger partial charge on any atom is 0.264 e. The van der Waals surface area contributed by atoms with Gasteiger partial charge in [-0.05, 0) is 43.3 Å². The van der Waals surface area contributed by atoms with Crippen molar-refractivity contribution in [2.45, 2.75) is 11.8 Å². The molecule has 33 heavy (non-hydrogen) atoms. The van der Waals surface area contributed by atoms with Crippen LogP contribution in [0, 0.1) is 6.92 Å². The van der Waals surface area contributed by atoms with Gasteiger partial charge in [-0.3, -0.25) is 9.10 Å². The van der Waals surface area contributed by atoms with E-state index in [9.17, 15) is 13.2 Å². The Morgan fingerprint density at radius 3 is 2.12 bits per heavy atom. The number of aryl methyl sites for hydroxylation is 1. The molecule has 3 aromatic rings. The number of rotatable bonds is 8. The molecule has 0 aliphatic rings. The molecule has 0 atom stereocenters. The van der Waals surface area contributed by atoms with E-state index in [2.05, 4.69) is 5.32 Å². The predicted octanol–water partition coefficient (Wildman–Crippen LogP) is 5.15. The summed E-state index contributed by atoms with van der Waals surface area (Å²) in [5, 5.41) is 3.38. The summed E-state index contributed by atoms with van der Waals surface area (Å²) in [6.45, 7) is 1.40. The normalized spacial score (nSPS) is 11.1. The molecule has 7 nitrogen and oxygen atoms in total. The van der Waals surface area contributed by atoms with Gasteiger partial charge in [0.25, 0.3) is 10.0 Å². The smallest absolute Gasteiger partial charge is 0.264 e. The van der Waals surface area contributed by atoms with Crippen molar-refractivity contribution in [3.05, 3.63) is 76.3 Å². The van der Waals surface area contributed by atoms with Crippen LogP contribution < -0.4 is 19.1 Å². The zero-order valence-electron chi connectivity index (χ0n) is 18.1. The number of nitrogens with zero attached hydrogens (tertiary/aromatic N) is 1. The Morgan fingerprint density at radius 1 is 0.939 bits per heavy atom. The largest absolute Gasteiger partial charge is 0.495 e. The fourth-order valence-electron chi connectivity index (χ4n) is 3.04. The van der Waals surface area contributed by atoms with Crippen molar-refractivity contribution >= 4 is 50.5 Å². The Labute approximate surface area is 202 Å². The molecule has 0 aliphatic heterocycles. The van der Waals surface area contributed by atoms with Crippen molar-refractivity contribution in [3.63, 3.8) is 0 Å². The lowest BCUT2D eigenvalue weighted by atomic mass is 10.2. The summed E-state index contributed by atoms with van der Waals surface area (Å²) >= 11 is 12.0. The quantitative estimate of drug-likeness (QED) is 0.454. The predicted molar refractivity (Wildman–Crippen MR) is 130 cm³/mol. The molecule has 0 saturated heterocycles. The molecule has 0 saturated carbocycles. The van der Waals surface area contributed by atoms with Crippen LogP contribution in [-0.2, 0) is 14.8 Å². The summed E-state index contributed by atoms with van der Waals surface area (Å²) in [5.41, 5.74) is 1.58.